The molecule has 0 aromatic heterocycles. The average Bonchev–Trinajstić information content (AvgIpc) is 2.88. The molecule has 3 aromatic carbocycles. The topological polar surface area (TPSA) is 89.8 Å². The standard InChI is InChI=1S/C28H26ClIN2O5/c1-5-36-26-12-19(11-22(30)27(26)37-16-18-8-6-17(2)7-9-18)10-20(15-31)28(33)32-23-14-24(34-3)21(29)13-25(23)35-4/h6-14H,5,16H2,1-4H3,(H,32,33)/b20-10+. The van der Waals surface area contributed by atoms with E-state index in [0.29, 0.717) is 52.5 Å². The summed E-state index contributed by atoms with van der Waals surface area (Å²) in [6, 6.07) is 16.7. The third-order valence-electron chi connectivity index (χ3n) is 5.23. The number of hydrogen-bond acceptors (Lipinski definition) is 6. The minimum Gasteiger partial charge on any atom is -0.495 e. The average molecular weight is 633 g/mol. The summed E-state index contributed by atoms with van der Waals surface area (Å²) in [4.78, 5) is 13.0. The van der Waals surface area contributed by atoms with Crippen LogP contribution in [0.2, 0.25) is 5.02 Å². The summed E-state index contributed by atoms with van der Waals surface area (Å²) in [5, 5.41) is 12.7. The van der Waals surface area contributed by atoms with Crippen molar-refractivity contribution in [1.29, 1.82) is 5.26 Å². The van der Waals surface area contributed by atoms with Crippen LogP contribution in [0, 0.1) is 21.8 Å². The van der Waals surface area contributed by atoms with Crippen LogP contribution in [0.3, 0.4) is 0 Å². The van der Waals surface area contributed by atoms with Gasteiger partial charge in [0.1, 0.15) is 29.7 Å². The van der Waals surface area contributed by atoms with Crippen molar-refractivity contribution in [3.8, 4) is 29.1 Å². The number of carbonyl (C=O) groups excluding carboxylic acids is 1. The molecule has 0 aliphatic heterocycles. The van der Waals surface area contributed by atoms with Crippen molar-refractivity contribution in [3.63, 3.8) is 0 Å². The molecule has 0 heterocycles. The predicted molar refractivity (Wildman–Crippen MR) is 153 cm³/mol. The van der Waals surface area contributed by atoms with Gasteiger partial charge in [0.05, 0.1) is 35.1 Å². The van der Waals surface area contributed by atoms with Crippen LogP contribution in [0.15, 0.2) is 54.1 Å². The van der Waals surface area contributed by atoms with E-state index >= 15 is 0 Å². The first kappa shape index (κ1) is 28.2. The molecule has 0 saturated carbocycles. The first-order valence-electron chi connectivity index (χ1n) is 11.3. The minimum absolute atomic E-state index is 0.109. The largest absolute Gasteiger partial charge is 0.495 e. The molecule has 3 aromatic rings. The Labute approximate surface area is 235 Å². The van der Waals surface area contributed by atoms with Crippen LogP contribution < -0.4 is 24.3 Å². The summed E-state index contributed by atoms with van der Waals surface area (Å²) in [6.07, 6.45) is 1.49. The fourth-order valence-corrected chi connectivity index (χ4v) is 4.39. The number of rotatable bonds is 10. The lowest BCUT2D eigenvalue weighted by atomic mass is 10.1. The van der Waals surface area contributed by atoms with Crippen molar-refractivity contribution >= 4 is 51.9 Å². The zero-order valence-electron chi connectivity index (χ0n) is 20.9. The number of amides is 1. The van der Waals surface area contributed by atoms with Gasteiger partial charge in [-0.1, -0.05) is 41.4 Å². The number of nitriles is 1. The maximum Gasteiger partial charge on any atom is 0.266 e. The van der Waals surface area contributed by atoms with Crippen LogP contribution in [0.4, 0.5) is 5.69 Å². The molecule has 0 atom stereocenters. The normalized spacial score (nSPS) is 10.9. The molecule has 9 heteroatoms. The zero-order valence-corrected chi connectivity index (χ0v) is 23.8. The van der Waals surface area contributed by atoms with Crippen LogP contribution in [0.5, 0.6) is 23.0 Å². The molecule has 0 spiro atoms. The molecule has 0 fully saturated rings. The van der Waals surface area contributed by atoms with Gasteiger partial charge in [-0.2, -0.15) is 5.26 Å². The summed E-state index contributed by atoms with van der Waals surface area (Å²) in [7, 11) is 2.92. The number of anilines is 1. The van der Waals surface area contributed by atoms with Gasteiger partial charge >= 0.3 is 0 Å². The molecular formula is C28H26ClIN2O5. The second-order valence-electron chi connectivity index (χ2n) is 7.85. The van der Waals surface area contributed by atoms with Gasteiger partial charge in [0.2, 0.25) is 0 Å². The SMILES string of the molecule is CCOc1cc(/C=C(\C#N)C(=O)Nc2cc(OC)c(Cl)cc2OC)cc(I)c1OCc1ccc(C)cc1. The predicted octanol–water partition coefficient (Wildman–Crippen LogP) is 6.79. The Bertz CT molecular complexity index is 1350. The molecule has 1 amide bonds. The molecule has 0 bridgehead atoms. The lowest BCUT2D eigenvalue weighted by molar-refractivity contribution is -0.112. The van der Waals surface area contributed by atoms with Gasteiger partial charge in [-0.25, -0.2) is 0 Å². The molecule has 0 aliphatic carbocycles. The number of nitrogens with one attached hydrogen (secondary N) is 1. The molecule has 0 saturated heterocycles. The highest BCUT2D eigenvalue weighted by Gasteiger charge is 2.17. The Morgan fingerprint density at radius 3 is 2.38 bits per heavy atom. The first-order chi connectivity index (χ1) is 17.8. The molecule has 0 aliphatic rings. The highest BCUT2D eigenvalue weighted by molar-refractivity contribution is 14.1. The van der Waals surface area contributed by atoms with Crippen molar-refractivity contribution < 1.29 is 23.7 Å². The Kier molecular flexibility index (Phi) is 10.1. The van der Waals surface area contributed by atoms with Crippen LogP contribution in [0.1, 0.15) is 23.6 Å². The van der Waals surface area contributed by atoms with E-state index in [9.17, 15) is 10.1 Å². The van der Waals surface area contributed by atoms with E-state index in [1.165, 1.54) is 38.0 Å². The highest BCUT2D eigenvalue weighted by Crippen LogP contribution is 2.37. The number of halogens is 2. The molecule has 1 N–H and O–H groups in total. The summed E-state index contributed by atoms with van der Waals surface area (Å²) >= 11 is 8.29. The first-order valence-corrected chi connectivity index (χ1v) is 12.7. The number of ether oxygens (including phenoxy) is 4. The Hall–Kier alpha value is -3.42. The third-order valence-corrected chi connectivity index (χ3v) is 6.33. The van der Waals surface area contributed by atoms with E-state index in [4.69, 9.17) is 30.5 Å². The molecule has 7 nitrogen and oxygen atoms in total. The van der Waals surface area contributed by atoms with Crippen LogP contribution >= 0.6 is 34.2 Å². The molecule has 192 valence electrons. The van der Waals surface area contributed by atoms with Gasteiger partial charge in [-0.3, -0.25) is 4.79 Å². The number of methoxy groups -OCH3 is 2. The maximum atomic E-state index is 13.0. The molecular weight excluding hydrogens is 607 g/mol. The maximum absolute atomic E-state index is 13.0. The van der Waals surface area contributed by atoms with Gasteiger partial charge in [0, 0.05) is 12.1 Å². The van der Waals surface area contributed by atoms with Crippen molar-refractivity contribution in [2.75, 3.05) is 26.1 Å². The van der Waals surface area contributed by atoms with Gasteiger partial charge in [-0.05, 0) is 65.8 Å². The van der Waals surface area contributed by atoms with Crippen molar-refractivity contribution in [2.45, 2.75) is 20.5 Å². The summed E-state index contributed by atoms with van der Waals surface area (Å²) in [5.41, 5.74) is 3.03. The fourth-order valence-electron chi connectivity index (χ4n) is 3.38. The second-order valence-corrected chi connectivity index (χ2v) is 9.42. The fraction of sp³-hybridized carbons (Fsp3) is 0.214. The number of aryl methyl sites for hydroxylation is 1. The number of hydrogen-bond donors (Lipinski definition) is 1. The van der Waals surface area contributed by atoms with Gasteiger partial charge in [-0.15, -0.1) is 0 Å². The zero-order chi connectivity index (χ0) is 26.9. The molecule has 37 heavy (non-hydrogen) atoms. The van der Waals surface area contributed by atoms with Gasteiger partial charge in [0.25, 0.3) is 5.91 Å². The molecule has 0 radical (unpaired) electrons. The number of nitrogens with zero attached hydrogens (tertiary/aromatic N) is 1. The number of benzene rings is 3. The van der Waals surface area contributed by atoms with Gasteiger partial charge < -0.3 is 24.3 Å². The molecule has 0 unspecified atom stereocenters. The second kappa shape index (κ2) is 13.2. The number of carbonyl (C=O) groups is 1. The van der Waals surface area contributed by atoms with E-state index < -0.39 is 5.91 Å². The Balaban J connectivity index is 1.88. The highest BCUT2D eigenvalue weighted by atomic mass is 127. The third kappa shape index (κ3) is 7.31. The summed E-state index contributed by atoms with van der Waals surface area (Å²) in [6.45, 7) is 4.71. The van der Waals surface area contributed by atoms with E-state index in [0.717, 1.165) is 9.13 Å². The smallest absolute Gasteiger partial charge is 0.266 e. The summed E-state index contributed by atoms with van der Waals surface area (Å²) in [5.74, 6) is 1.20. The summed E-state index contributed by atoms with van der Waals surface area (Å²) < 4.78 is 23.2. The Morgan fingerprint density at radius 1 is 1.05 bits per heavy atom. The van der Waals surface area contributed by atoms with Crippen molar-refractivity contribution in [2.24, 2.45) is 0 Å². The van der Waals surface area contributed by atoms with Crippen molar-refractivity contribution in [1.82, 2.24) is 0 Å². The van der Waals surface area contributed by atoms with Crippen molar-refractivity contribution in [3.05, 3.63) is 79.4 Å². The van der Waals surface area contributed by atoms with E-state index in [1.807, 2.05) is 50.2 Å². The van der Waals surface area contributed by atoms with E-state index in [2.05, 4.69) is 27.9 Å². The lowest BCUT2D eigenvalue weighted by Gasteiger charge is -2.15. The van der Waals surface area contributed by atoms with Crippen LogP contribution in [-0.4, -0.2) is 26.7 Å². The van der Waals surface area contributed by atoms with E-state index in [1.54, 1.807) is 6.07 Å². The van der Waals surface area contributed by atoms with Gasteiger partial charge in [0.15, 0.2) is 11.5 Å². The van der Waals surface area contributed by atoms with E-state index in [-0.39, 0.29) is 5.57 Å². The minimum atomic E-state index is -0.613. The van der Waals surface area contributed by atoms with Crippen LogP contribution in [0.25, 0.3) is 6.08 Å². The molecule has 3 rings (SSSR count). The lowest BCUT2D eigenvalue weighted by Crippen LogP contribution is -2.14. The van der Waals surface area contributed by atoms with Crippen LogP contribution in [-0.2, 0) is 11.4 Å². The quantitative estimate of drug-likeness (QED) is 0.150. The monoisotopic (exact) mass is 632 g/mol. The Morgan fingerprint density at radius 2 is 1.76 bits per heavy atom.